The van der Waals surface area contributed by atoms with Crippen LogP contribution in [0.5, 0.6) is 0 Å². The van der Waals surface area contributed by atoms with Crippen LogP contribution >= 0.6 is 0 Å². The Bertz CT molecular complexity index is 346. The number of rotatable bonds is 8. The molecule has 0 saturated heterocycles. The van der Waals surface area contributed by atoms with Gasteiger partial charge in [-0.05, 0) is 30.0 Å². The maximum atomic E-state index is 5.85. The van der Waals surface area contributed by atoms with Gasteiger partial charge in [0.1, 0.15) is 0 Å². The molecule has 2 rings (SSSR count). The van der Waals surface area contributed by atoms with Crippen molar-refractivity contribution in [3.8, 4) is 0 Å². The van der Waals surface area contributed by atoms with E-state index in [9.17, 15) is 0 Å². The fourth-order valence-corrected chi connectivity index (χ4v) is 2.22. The lowest BCUT2D eigenvalue weighted by Crippen LogP contribution is -2.29. The second-order valence-electron chi connectivity index (χ2n) is 5.15. The van der Waals surface area contributed by atoms with E-state index in [2.05, 4.69) is 29.6 Å². The summed E-state index contributed by atoms with van der Waals surface area (Å²) in [5, 5.41) is 3.55. The van der Waals surface area contributed by atoms with Crippen molar-refractivity contribution in [3.63, 3.8) is 0 Å². The summed E-state index contributed by atoms with van der Waals surface area (Å²) in [6, 6.07) is 8.81. The number of ether oxygens (including phenoxy) is 1. The molecule has 3 heteroatoms. The number of nitrogens with one attached hydrogen (secondary N) is 1. The van der Waals surface area contributed by atoms with Gasteiger partial charge >= 0.3 is 0 Å². The lowest BCUT2D eigenvalue weighted by molar-refractivity contribution is 0.185. The molecule has 3 nitrogen and oxygen atoms in total. The molecule has 0 aromatic heterocycles. The summed E-state index contributed by atoms with van der Waals surface area (Å²) in [7, 11) is 1.72. The molecule has 1 aliphatic carbocycles. The number of hydrogen-bond donors (Lipinski definition) is 2. The van der Waals surface area contributed by atoms with Crippen LogP contribution in [0.1, 0.15) is 36.4 Å². The van der Waals surface area contributed by atoms with Crippen molar-refractivity contribution < 1.29 is 4.74 Å². The molecule has 1 unspecified atom stereocenters. The number of methoxy groups -OCH3 is 1. The molecule has 1 atom stereocenters. The molecular weight excluding hydrogens is 224 g/mol. The van der Waals surface area contributed by atoms with E-state index in [1.54, 1.807) is 7.11 Å². The van der Waals surface area contributed by atoms with E-state index < -0.39 is 0 Å². The summed E-state index contributed by atoms with van der Waals surface area (Å²) in [4.78, 5) is 0. The Morgan fingerprint density at radius 2 is 2.06 bits per heavy atom. The Morgan fingerprint density at radius 3 is 2.61 bits per heavy atom. The van der Waals surface area contributed by atoms with Crippen LogP contribution in [0.4, 0.5) is 0 Å². The topological polar surface area (TPSA) is 47.3 Å². The quantitative estimate of drug-likeness (QED) is 0.741. The number of hydrogen-bond acceptors (Lipinski definition) is 3. The van der Waals surface area contributed by atoms with Gasteiger partial charge in [-0.3, -0.25) is 0 Å². The summed E-state index contributed by atoms with van der Waals surface area (Å²) < 4.78 is 5.11. The van der Waals surface area contributed by atoms with Crippen molar-refractivity contribution in [1.82, 2.24) is 5.32 Å². The Balaban J connectivity index is 1.84. The normalized spacial score (nSPS) is 16.8. The number of benzene rings is 1. The second-order valence-corrected chi connectivity index (χ2v) is 5.15. The summed E-state index contributed by atoms with van der Waals surface area (Å²) in [6.45, 7) is 2.39. The van der Waals surface area contributed by atoms with E-state index in [-0.39, 0.29) is 6.04 Å². The standard InChI is InChI=1S/C15H24N2O/c1-18-11-13-4-6-14(7-5-13)15(10-16)17-9-8-12-2-3-12/h4-7,12,15,17H,2-3,8-11,16H2,1H3. The van der Waals surface area contributed by atoms with Crippen molar-refractivity contribution in [1.29, 1.82) is 0 Å². The van der Waals surface area contributed by atoms with Crippen LogP contribution < -0.4 is 11.1 Å². The van der Waals surface area contributed by atoms with E-state index >= 15 is 0 Å². The Morgan fingerprint density at radius 1 is 1.33 bits per heavy atom. The Labute approximate surface area is 110 Å². The molecule has 3 N–H and O–H groups in total. The molecule has 0 aliphatic heterocycles. The van der Waals surface area contributed by atoms with Crippen LogP contribution in [0, 0.1) is 5.92 Å². The van der Waals surface area contributed by atoms with E-state index in [4.69, 9.17) is 10.5 Å². The van der Waals surface area contributed by atoms with Crippen LogP contribution in [0.3, 0.4) is 0 Å². The highest BCUT2D eigenvalue weighted by Crippen LogP contribution is 2.31. The lowest BCUT2D eigenvalue weighted by atomic mass is 10.0. The fourth-order valence-electron chi connectivity index (χ4n) is 2.22. The van der Waals surface area contributed by atoms with Gasteiger partial charge in [0.2, 0.25) is 0 Å². The largest absolute Gasteiger partial charge is 0.380 e. The third-order valence-corrected chi connectivity index (χ3v) is 3.57. The molecular formula is C15H24N2O. The second kappa shape index (κ2) is 6.88. The van der Waals surface area contributed by atoms with Gasteiger partial charge in [-0.15, -0.1) is 0 Å². The third-order valence-electron chi connectivity index (χ3n) is 3.57. The van der Waals surface area contributed by atoms with Gasteiger partial charge in [0.25, 0.3) is 0 Å². The first-order valence-corrected chi connectivity index (χ1v) is 6.84. The third kappa shape index (κ3) is 4.09. The minimum atomic E-state index is 0.278. The van der Waals surface area contributed by atoms with Crippen LogP contribution in [-0.2, 0) is 11.3 Å². The molecule has 0 spiro atoms. The molecule has 0 radical (unpaired) electrons. The average Bonchev–Trinajstić information content (AvgIpc) is 3.20. The zero-order valence-electron chi connectivity index (χ0n) is 11.2. The van der Waals surface area contributed by atoms with Gasteiger partial charge in [-0.1, -0.05) is 37.1 Å². The van der Waals surface area contributed by atoms with E-state index in [1.165, 1.54) is 30.4 Å². The zero-order chi connectivity index (χ0) is 12.8. The van der Waals surface area contributed by atoms with Crippen molar-refractivity contribution in [2.24, 2.45) is 11.7 Å². The minimum absolute atomic E-state index is 0.278. The predicted octanol–water partition coefficient (Wildman–Crippen LogP) is 2.22. The summed E-state index contributed by atoms with van der Waals surface area (Å²) in [6.07, 6.45) is 4.12. The van der Waals surface area contributed by atoms with Gasteiger partial charge in [0, 0.05) is 19.7 Å². The minimum Gasteiger partial charge on any atom is -0.380 e. The molecule has 0 heterocycles. The fraction of sp³-hybridized carbons (Fsp3) is 0.600. The van der Waals surface area contributed by atoms with Crippen molar-refractivity contribution in [2.45, 2.75) is 31.9 Å². The Hall–Kier alpha value is -0.900. The molecule has 1 fully saturated rings. The first kappa shape index (κ1) is 13.5. The zero-order valence-corrected chi connectivity index (χ0v) is 11.2. The maximum absolute atomic E-state index is 5.85. The molecule has 100 valence electrons. The smallest absolute Gasteiger partial charge is 0.0713 e. The summed E-state index contributed by atoms with van der Waals surface area (Å²) in [5.41, 5.74) is 8.32. The van der Waals surface area contributed by atoms with Gasteiger partial charge in [-0.2, -0.15) is 0 Å². The average molecular weight is 248 g/mol. The van der Waals surface area contributed by atoms with Crippen LogP contribution in [-0.4, -0.2) is 20.2 Å². The molecule has 1 aromatic carbocycles. The van der Waals surface area contributed by atoms with Crippen LogP contribution in [0.15, 0.2) is 24.3 Å². The number of nitrogens with two attached hydrogens (primary N) is 1. The van der Waals surface area contributed by atoms with E-state index in [0.717, 1.165) is 12.5 Å². The van der Waals surface area contributed by atoms with E-state index in [0.29, 0.717) is 13.2 Å². The van der Waals surface area contributed by atoms with Crippen molar-refractivity contribution in [3.05, 3.63) is 35.4 Å². The predicted molar refractivity (Wildman–Crippen MR) is 74.3 cm³/mol. The molecule has 1 saturated carbocycles. The van der Waals surface area contributed by atoms with Crippen LogP contribution in [0.2, 0.25) is 0 Å². The maximum Gasteiger partial charge on any atom is 0.0713 e. The first-order chi connectivity index (χ1) is 8.83. The highest BCUT2D eigenvalue weighted by atomic mass is 16.5. The summed E-state index contributed by atoms with van der Waals surface area (Å²) >= 11 is 0. The van der Waals surface area contributed by atoms with Gasteiger partial charge < -0.3 is 15.8 Å². The highest BCUT2D eigenvalue weighted by molar-refractivity contribution is 5.25. The van der Waals surface area contributed by atoms with Crippen LogP contribution in [0.25, 0.3) is 0 Å². The SMILES string of the molecule is COCc1ccc(C(CN)NCCC2CC2)cc1. The molecule has 1 aromatic rings. The highest BCUT2D eigenvalue weighted by Gasteiger charge is 2.20. The van der Waals surface area contributed by atoms with Crippen molar-refractivity contribution in [2.75, 3.05) is 20.2 Å². The molecule has 18 heavy (non-hydrogen) atoms. The van der Waals surface area contributed by atoms with E-state index in [1.807, 2.05) is 0 Å². The Kier molecular flexibility index (Phi) is 5.17. The van der Waals surface area contributed by atoms with Gasteiger partial charge in [0.15, 0.2) is 0 Å². The van der Waals surface area contributed by atoms with Gasteiger partial charge in [0.05, 0.1) is 6.61 Å². The van der Waals surface area contributed by atoms with Gasteiger partial charge in [-0.25, -0.2) is 0 Å². The monoisotopic (exact) mass is 248 g/mol. The first-order valence-electron chi connectivity index (χ1n) is 6.84. The van der Waals surface area contributed by atoms with Crippen molar-refractivity contribution >= 4 is 0 Å². The molecule has 1 aliphatic rings. The molecule has 0 bridgehead atoms. The lowest BCUT2D eigenvalue weighted by Gasteiger charge is -2.17. The molecule has 0 amide bonds. The summed E-state index contributed by atoms with van der Waals surface area (Å²) in [5.74, 6) is 0.972.